The van der Waals surface area contributed by atoms with Gasteiger partial charge in [0.05, 0.1) is 12.1 Å². The SMILES string of the molecule is CC(N)NC(=O)C(C)c1ccccc1. The Morgan fingerprint density at radius 1 is 1.29 bits per heavy atom. The second kappa shape index (κ2) is 4.77. The van der Waals surface area contributed by atoms with Crippen LogP contribution in [0.3, 0.4) is 0 Å². The number of hydrogen-bond donors (Lipinski definition) is 2. The molecule has 0 radical (unpaired) electrons. The number of carbonyl (C=O) groups is 1. The Bertz CT molecular complexity index is 295. The number of nitrogens with two attached hydrogens (primary N) is 1. The average molecular weight is 192 g/mol. The van der Waals surface area contributed by atoms with E-state index in [1.807, 2.05) is 37.3 Å². The second-order valence-corrected chi connectivity index (χ2v) is 3.43. The fourth-order valence-electron chi connectivity index (χ4n) is 1.24. The van der Waals surface area contributed by atoms with Crippen molar-refractivity contribution in [3.8, 4) is 0 Å². The Hall–Kier alpha value is -1.35. The van der Waals surface area contributed by atoms with Gasteiger partial charge in [0.15, 0.2) is 0 Å². The standard InChI is InChI=1S/C11H16N2O/c1-8(11(14)13-9(2)12)10-6-4-3-5-7-10/h3-9H,12H2,1-2H3,(H,13,14). The smallest absolute Gasteiger partial charge is 0.228 e. The van der Waals surface area contributed by atoms with Crippen molar-refractivity contribution in [3.05, 3.63) is 35.9 Å². The third-order valence-corrected chi connectivity index (χ3v) is 2.06. The van der Waals surface area contributed by atoms with E-state index in [0.29, 0.717) is 0 Å². The van der Waals surface area contributed by atoms with Crippen LogP contribution in [-0.2, 0) is 4.79 Å². The molecular weight excluding hydrogens is 176 g/mol. The van der Waals surface area contributed by atoms with Crippen LogP contribution in [0.1, 0.15) is 25.3 Å². The number of carbonyl (C=O) groups excluding carboxylic acids is 1. The maximum Gasteiger partial charge on any atom is 0.228 e. The molecule has 2 unspecified atom stereocenters. The Morgan fingerprint density at radius 3 is 2.36 bits per heavy atom. The van der Waals surface area contributed by atoms with Crippen LogP contribution >= 0.6 is 0 Å². The summed E-state index contributed by atoms with van der Waals surface area (Å²) >= 11 is 0. The molecule has 1 aromatic rings. The maximum atomic E-state index is 11.6. The van der Waals surface area contributed by atoms with Crippen molar-refractivity contribution in [2.45, 2.75) is 25.9 Å². The Kier molecular flexibility index (Phi) is 3.65. The molecule has 0 aliphatic rings. The molecular formula is C11H16N2O. The molecule has 0 aliphatic carbocycles. The summed E-state index contributed by atoms with van der Waals surface area (Å²) in [7, 11) is 0. The Morgan fingerprint density at radius 2 is 1.86 bits per heavy atom. The van der Waals surface area contributed by atoms with E-state index < -0.39 is 0 Å². The van der Waals surface area contributed by atoms with Crippen LogP contribution in [0.2, 0.25) is 0 Å². The van der Waals surface area contributed by atoms with E-state index in [4.69, 9.17) is 5.73 Å². The van der Waals surface area contributed by atoms with Crippen LogP contribution in [-0.4, -0.2) is 12.1 Å². The van der Waals surface area contributed by atoms with Crippen molar-refractivity contribution in [1.29, 1.82) is 0 Å². The van der Waals surface area contributed by atoms with E-state index in [1.54, 1.807) is 6.92 Å². The zero-order valence-corrected chi connectivity index (χ0v) is 8.53. The topological polar surface area (TPSA) is 55.1 Å². The van der Waals surface area contributed by atoms with Crippen molar-refractivity contribution in [1.82, 2.24) is 5.32 Å². The molecule has 2 atom stereocenters. The molecule has 76 valence electrons. The van der Waals surface area contributed by atoms with Crippen molar-refractivity contribution >= 4 is 5.91 Å². The van der Waals surface area contributed by atoms with E-state index in [9.17, 15) is 4.79 Å². The number of nitrogens with one attached hydrogen (secondary N) is 1. The quantitative estimate of drug-likeness (QED) is 0.707. The van der Waals surface area contributed by atoms with Gasteiger partial charge in [-0.2, -0.15) is 0 Å². The van der Waals surface area contributed by atoms with Gasteiger partial charge in [-0.15, -0.1) is 0 Å². The number of hydrogen-bond acceptors (Lipinski definition) is 2. The van der Waals surface area contributed by atoms with Crippen molar-refractivity contribution in [2.75, 3.05) is 0 Å². The third-order valence-electron chi connectivity index (χ3n) is 2.06. The number of amides is 1. The summed E-state index contributed by atoms with van der Waals surface area (Å²) in [4.78, 5) is 11.6. The summed E-state index contributed by atoms with van der Waals surface area (Å²) in [5.41, 5.74) is 6.48. The first-order valence-electron chi connectivity index (χ1n) is 4.72. The summed E-state index contributed by atoms with van der Waals surface area (Å²) < 4.78 is 0. The van der Waals surface area contributed by atoms with Gasteiger partial charge in [0.2, 0.25) is 5.91 Å². The van der Waals surface area contributed by atoms with Crippen LogP contribution in [0.25, 0.3) is 0 Å². The molecule has 0 spiro atoms. The molecule has 0 aromatic heterocycles. The molecule has 3 N–H and O–H groups in total. The number of benzene rings is 1. The second-order valence-electron chi connectivity index (χ2n) is 3.43. The maximum absolute atomic E-state index is 11.6. The molecule has 3 nitrogen and oxygen atoms in total. The molecule has 1 amide bonds. The molecule has 0 heterocycles. The highest BCUT2D eigenvalue weighted by Gasteiger charge is 2.14. The molecule has 1 aromatic carbocycles. The summed E-state index contributed by atoms with van der Waals surface area (Å²) in [5, 5.41) is 2.68. The van der Waals surface area contributed by atoms with Gasteiger partial charge in [0, 0.05) is 0 Å². The Labute approximate surface area is 84.3 Å². The fourth-order valence-corrected chi connectivity index (χ4v) is 1.24. The van der Waals surface area contributed by atoms with Gasteiger partial charge in [-0.1, -0.05) is 30.3 Å². The lowest BCUT2D eigenvalue weighted by Crippen LogP contribution is -2.40. The lowest BCUT2D eigenvalue weighted by Gasteiger charge is -2.14. The highest BCUT2D eigenvalue weighted by atomic mass is 16.2. The van der Waals surface area contributed by atoms with E-state index >= 15 is 0 Å². The zero-order chi connectivity index (χ0) is 10.6. The molecule has 0 saturated heterocycles. The van der Waals surface area contributed by atoms with Gasteiger partial charge >= 0.3 is 0 Å². The fraction of sp³-hybridized carbons (Fsp3) is 0.364. The van der Waals surface area contributed by atoms with Gasteiger partial charge in [0.25, 0.3) is 0 Å². The highest BCUT2D eigenvalue weighted by Crippen LogP contribution is 2.14. The molecule has 0 saturated carbocycles. The molecule has 1 rings (SSSR count). The first kappa shape index (κ1) is 10.7. The lowest BCUT2D eigenvalue weighted by atomic mass is 10.0. The third kappa shape index (κ3) is 2.85. The molecule has 0 aliphatic heterocycles. The van der Waals surface area contributed by atoms with E-state index in [0.717, 1.165) is 5.56 Å². The van der Waals surface area contributed by atoms with E-state index in [1.165, 1.54) is 0 Å². The van der Waals surface area contributed by atoms with Crippen LogP contribution < -0.4 is 11.1 Å². The molecule has 3 heteroatoms. The van der Waals surface area contributed by atoms with Gasteiger partial charge < -0.3 is 11.1 Å². The Balaban J connectivity index is 2.66. The van der Waals surface area contributed by atoms with Crippen LogP contribution in [0, 0.1) is 0 Å². The highest BCUT2D eigenvalue weighted by molar-refractivity contribution is 5.83. The van der Waals surface area contributed by atoms with Crippen molar-refractivity contribution in [2.24, 2.45) is 5.73 Å². The minimum Gasteiger partial charge on any atom is -0.341 e. The number of rotatable bonds is 3. The average Bonchev–Trinajstić information content (AvgIpc) is 2.17. The minimum atomic E-state index is -0.298. The predicted octanol–water partition coefficient (Wildman–Crippen LogP) is 1.21. The lowest BCUT2D eigenvalue weighted by molar-refractivity contribution is -0.122. The van der Waals surface area contributed by atoms with Crippen LogP contribution in [0.5, 0.6) is 0 Å². The van der Waals surface area contributed by atoms with Crippen LogP contribution in [0.4, 0.5) is 0 Å². The summed E-state index contributed by atoms with van der Waals surface area (Å²) in [5.74, 6) is -0.187. The van der Waals surface area contributed by atoms with E-state index in [2.05, 4.69) is 5.32 Å². The monoisotopic (exact) mass is 192 g/mol. The summed E-state index contributed by atoms with van der Waals surface area (Å²) in [6.07, 6.45) is -0.298. The molecule has 0 bridgehead atoms. The first-order valence-corrected chi connectivity index (χ1v) is 4.72. The predicted molar refractivity (Wildman–Crippen MR) is 56.6 cm³/mol. The normalized spacial score (nSPS) is 14.5. The van der Waals surface area contributed by atoms with Gasteiger partial charge in [-0.25, -0.2) is 0 Å². The molecule has 14 heavy (non-hydrogen) atoms. The summed E-state index contributed by atoms with van der Waals surface area (Å²) in [6.45, 7) is 3.61. The van der Waals surface area contributed by atoms with E-state index in [-0.39, 0.29) is 18.0 Å². The van der Waals surface area contributed by atoms with Gasteiger partial charge in [-0.05, 0) is 19.4 Å². The summed E-state index contributed by atoms with van der Waals surface area (Å²) in [6, 6.07) is 9.65. The molecule has 0 fully saturated rings. The van der Waals surface area contributed by atoms with Crippen molar-refractivity contribution in [3.63, 3.8) is 0 Å². The minimum absolute atomic E-state index is 0.0359. The van der Waals surface area contributed by atoms with Gasteiger partial charge in [-0.3, -0.25) is 4.79 Å². The van der Waals surface area contributed by atoms with Gasteiger partial charge in [0.1, 0.15) is 0 Å². The van der Waals surface area contributed by atoms with Crippen LogP contribution in [0.15, 0.2) is 30.3 Å². The largest absolute Gasteiger partial charge is 0.341 e. The van der Waals surface area contributed by atoms with Crippen molar-refractivity contribution < 1.29 is 4.79 Å². The zero-order valence-electron chi connectivity index (χ0n) is 8.53. The first-order chi connectivity index (χ1) is 6.61.